The summed E-state index contributed by atoms with van der Waals surface area (Å²) in [7, 11) is 1.65. The molecule has 1 fully saturated rings. The smallest absolute Gasteiger partial charge is 0.220 e. The van der Waals surface area contributed by atoms with Crippen molar-refractivity contribution in [2.45, 2.75) is 46.0 Å². The molecule has 0 aromatic heterocycles. The first-order chi connectivity index (χ1) is 12.6. The summed E-state index contributed by atoms with van der Waals surface area (Å²) in [6.45, 7) is 7.66. The van der Waals surface area contributed by atoms with Crippen molar-refractivity contribution in [3.8, 4) is 11.5 Å². The fraction of sp³-hybridized carbons (Fsp3) is 0.667. The Morgan fingerprint density at radius 3 is 2.85 bits per heavy atom. The Hall–Kier alpha value is -1.46. The van der Waals surface area contributed by atoms with Crippen LogP contribution in [0.15, 0.2) is 18.2 Å². The predicted molar refractivity (Wildman–Crippen MR) is 112 cm³/mol. The Bertz CT molecular complexity index is 562. The number of carbonyl (C=O) groups is 1. The van der Waals surface area contributed by atoms with E-state index in [9.17, 15) is 4.79 Å². The van der Waals surface area contributed by atoms with E-state index < -0.39 is 0 Å². The van der Waals surface area contributed by atoms with Crippen molar-refractivity contribution in [2.24, 2.45) is 11.8 Å². The van der Waals surface area contributed by atoms with Crippen molar-refractivity contribution in [1.29, 1.82) is 0 Å². The van der Waals surface area contributed by atoms with Crippen LogP contribution in [-0.4, -0.2) is 39.3 Å². The van der Waals surface area contributed by atoms with E-state index in [1.165, 1.54) is 18.4 Å². The first kappa shape index (κ1) is 23.6. The largest absolute Gasteiger partial charge is 0.493 e. The lowest BCUT2D eigenvalue weighted by Crippen LogP contribution is -2.35. The molecule has 1 aliphatic rings. The van der Waals surface area contributed by atoms with E-state index in [4.69, 9.17) is 9.47 Å². The van der Waals surface area contributed by atoms with E-state index >= 15 is 0 Å². The summed E-state index contributed by atoms with van der Waals surface area (Å²) in [5.41, 5.74) is 1.20. The van der Waals surface area contributed by atoms with Gasteiger partial charge in [0.15, 0.2) is 11.5 Å². The second-order valence-corrected chi connectivity index (χ2v) is 7.16. The Morgan fingerprint density at radius 2 is 2.19 bits per heavy atom. The van der Waals surface area contributed by atoms with E-state index in [1.54, 1.807) is 7.11 Å². The second-order valence-electron chi connectivity index (χ2n) is 7.16. The first-order valence-electron chi connectivity index (χ1n) is 9.91. The van der Waals surface area contributed by atoms with Crippen LogP contribution in [0.4, 0.5) is 0 Å². The number of aryl methyl sites for hydroxylation is 1. The summed E-state index contributed by atoms with van der Waals surface area (Å²) in [6.07, 6.45) is 4.92. The molecule has 2 rings (SSSR count). The third-order valence-electron chi connectivity index (χ3n) is 5.14. The van der Waals surface area contributed by atoms with Gasteiger partial charge in [-0.2, -0.15) is 0 Å². The molecule has 1 aromatic carbocycles. The zero-order valence-corrected chi connectivity index (χ0v) is 17.7. The van der Waals surface area contributed by atoms with Crippen LogP contribution in [0.25, 0.3) is 0 Å². The molecule has 1 aliphatic heterocycles. The number of carbonyl (C=O) groups excluding carboxylic acids is 1. The van der Waals surface area contributed by atoms with E-state index in [2.05, 4.69) is 23.6 Å². The lowest BCUT2D eigenvalue weighted by atomic mass is 9.85. The maximum Gasteiger partial charge on any atom is 0.220 e. The number of hydrogen-bond acceptors (Lipinski definition) is 4. The third kappa shape index (κ3) is 7.97. The minimum Gasteiger partial charge on any atom is -0.493 e. The van der Waals surface area contributed by atoms with Gasteiger partial charge in [0.1, 0.15) is 0 Å². The Labute approximate surface area is 170 Å². The summed E-state index contributed by atoms with van der Waals surface area (Å²) in [5, 5.41) is 6.50. The molecular weight excluding hydrogens is 364 g/mol. The Kier molecular flexibility index (Phi) is 11.2. The first-order valence-corrected chi connectivity index (χ1v) is 9.91. The number of ether oxygens (including phenoxy) is 2. The molecule has 0 aliphatic carbocycles. The minimum atomic E-state index is 0. The fourth-order valence-electron chi connectivity index (χ4n) is 3.56. The maximum atomic E-state index is 12.2. The normalized spacial score (nSPS) is 17.5. The predicted octanol–water partition coefficient (Wildman–Crippen LogP) is 3.59. The Morgan fingerprint density at radius 1 is 1.37 bits per heavy atom. The van der Waals surface area contributed by atoms with Crippen LogP contribution >= 0.6 is 12.4 Å². The van der Waals surface area contributed by atoms with Crippen molar-refractivity contribution in [1.82, 2.24) is 10.6 Å². The molecule has 2 atom stereocenters. The van der Waals surface area contributed by atoms with Gasteiger partial charge in [-0.25, -0.2) is 0 Å². The van der Waals surface area contributed by atoms with Crippen LogP contribution in [-0.2, 0) is 11.2 Å². The molecule has 2 N–H and O–H groups in total. The van der Waals surface area contributed by atoms with Gasteiger partial charge in [-0.3, -0.25) is 4.79 Å². The summed E-state index contributed by atoms with van der Waals surface area (Å²) < 4.78 is 10.9. The zero-order valence-electron chi connectivity index (χ0n) is 16.9. The van der Waals surface area contributed by atoms with E-state index in [-0.39, 0.29) is 18.3 Å². The van der Waals surface area contributed by atoms with Crippen molar-refractivity contribution < 1.29 is 14.3 Å². The van der Waals surface area contributed by atoms with Crippen LogP contribution in [0.3, 0.4) is 0 Å². The van der Waals surface area contributed by atoms with Crippen molar-refractivity contribution in [2.75, 3.05) is 33.4 Å². The van der Waals surface area contributed by atoms with Crippen LogP contribution < -0.4 is 20.1 Å². The highest BCUT2D eigenvalue weighted by Crippen LogP contribution is 2.28. The molecule has 0 spiro atoms. The van der Waals surface area contributed by atoms with Crippen molar-refractivity contribution >= 4 is 18.3 Å². The van der Waals surface area contributed by atoms with Gasteiger partial charge < -0.3 is 20.1 Å². The van der Waals surface area contributed by atoms with Crippen LogP contribution in [0.2, 0.25) is 0 Å². The molecule has 0 radical (unpaired) electrons. The summed E-state index contributed by atoms with van der Waals surface area (Å²) >= 11 is 0. The molecule has 154 valence electrons. The quantitative estimate of drug-likeness (QED) is 0.591. The molecule has 6 heteroatoms. The molecule has 1 heterocycles. The molecule has 0 bridgehead atoms. The molecule has 2 unspecified atom stereocenters. The topological polar surface area (TPSA) is 59.6 Å². The van der Waals surface area contributed by atoms with Crippen LogP contribution in [0.5, 0.6) is 11.5 Å². The van der Waals surface area contributed by atoms with E-state index in [1.807, 2.05) is 19.1 Å². The van der Waals surface area contributed by atoms with Crippen molar-refractivity contribution in [3.63, 3.8) is 0 Å². The molecule has 1 saturated heterocycles. The molecule has 0 saturated carbocycles. The second kappa shape index (κ2) is 12.8. The highest BCUT2D eigenvalue weighted by Gasteiger charge is 2.21. The monoisotopic (exact) mass is 398 g/mol. The molecule has 1 amide bonds. The number of hydrogen-bond donors (Lipinski definition) is 2. The van der Waals surface area contributed by atoms with Gasteiger partial charge >= 0.3 is 0 Å². The van der Waals surface area contributed by atoms with Crippen LogP contribution in [0.1, 0.15) is 45.1 Å². The van der Waals surface area contributed by atoms with E-state index in [0.717, 1.165) is 37.4 Å². The van der Waals surface area contributed by atoms with Gasteiger partial charge in [0.05, 0.1) is 13.7 Å². The van der Waals surface area contributed by atoms with Gasteiger partial charge in [-0.15, -0.1) is 12.4 Å². The highest BCUT2D eigenvalue weighted by atomic mass is 35.5. The average molecular weight is 399 g/mol. The number of amides is 1. The highest BCUT2D eigenvalue weighted by molar-refractivity contribution is 5.85. The molecule has 1 aromatic rings. The molecule has 27 heavy (non-hydrogen) atoms. The molecule has 5 nitrogen and oxygen atoms in total. The SMILES string of the molecule is CCOc1cc(CCCNC(=O)CC(C)C2CCCNC2)ccc1OC.Cl. The average Bonchev–Trinajstić information content (AvgIpc) is 2.66. The zero-order chi connectivity index (χ0) is 18.8. The van der Waals surface area contributed by atoms with Gasteiger partial charge in [0.25, 0.3) is 0 Å². The van der Waals surface area contributed by atoms with Crippen LogP contribution in [0, 0.1) is 11.8 Å². The summed E-state index contributed by atoms with van der Waals surface area (Å²) in [5.74, 6) is 2.79. The van der Waals surface area contributed by atoms with Gasteiger partial charge in [0.2, 0.25) is 5.91 Å². The lowest BCUT2D eigenvalue weighted by molar-refractivity contribution is -0.122. The maximum absolute atomic E-state index is 12.2. The lowest BCUT2D eigenvalue weighted by Gasteiger charge is -2.28. The van der Waals surface area contributed by atoms with Crippen molar-refractivity contribution in [3.05, 3.63) is 23.8 Å². The summed E-state index contributed by atoms with van der Waals surface area (Å²) in [4.78, 5) is 12.2. The van der Waals surface area contributed by atoms with Gasteiger partial charge in [-0.05, 0) is 75.2 Å². The van der Waals surface area contributed by atoms with E-state index in [0.29, 0.717) is 31.4 Å². The number of benzene rings is 1. The van der Waals surface area contributed by atoms with Gasteiger partial charge in [0, 0.05) is 13.0 Å². The number of piperidine rings is 1. The third-order valence-corrected chi connectivity index (χ3v) is 5.14. The number of methoxy groups -OCH3 is 1. The minimum absolute atomic E-state index is 0. The Balaban J connectivity index is 0.00000364. The molecular formula is C21H35ClN2O3. The standard InChI is InChI=1S/C21H34N2O3.ClH/c1-4-26-20-14-17(9-10-19(20)25-3)7-5-12-23-21(24)13-16(2)18-8-6-11-22-15-18;/h9-10,14,16,18,22H,4-8,11-13,15H2,1-3H3,(H,23,24);1H. The number of halogens is 1. The summed E-state index contributed by atoms with van der Waals surface area (Å²) in [6, 6.07) is 6.03. The fourth-order valence-corrected chi connectivity index (χ4v) is 3.56. The number of rotatable bonds is 10. The number of nitrogens with one attached hydrogen (secondary N) is 2. The van der Waals surface area contributed by atoms with Gasteiger partial charge in [-0.1, -0.05) is 13.0 Å².